The lowest BCUT2D eigenvalue weighted by Gasteiger charge is -2.13. The number of hydrogen-bond donors (Lipinski definition) is 1. The summed E-state index contributed by atoms with van der Waals surface area (Å²) in [6, 6.07) is 6.47. The second-order valence-electron chi connectivity index (χ2n) is 4.26. The van der Waals surface area contributed by atoms with E-state index in [0.717, 1.165) is 6.07 Å². The smallest absolute Gasteiger partial charge is 0.419 e. The first kappa shape index (κ1) is 15.1. The molecule has 21 heavy (non-hydrogen) atoms. The van der Waals surface area contributed by atoms with Gasteiger partial charge in [-0.05, 0) is 26.0 Å². The van der Waals surface area contributed by atoms with Gasteiger partial charge < -0.3 is 10.1 Å². The van der Waals surface area contributed by atoms with E-state index < -0.39 is 11.7 Å². The molecule has 0 fully saturated rings. The van der Waals surface area contributed by atoms with Gasteiger partial charge in [0.25, 0.3) is 0 Å². The molecule has 0 radical (unpaired) electrons. The molecule has 1 aromatic carbocycles. The monoisotopic (exact) mass is 297 g/mol. The molecule has 1 N–H and O–H groups in total. The van der Waals surface area contributed by atoms with Crippen molar-refractivity contribution in [1.29, 1.82) is 0 Å². The second-order valence-corrected chi connectivity index (χ2v) is 4.26. The van der Waals surface area contributed by atoms with E-state index in [1.807, 2.05) is 6.92 Å². The van der Waals surface area contributed by atoms with E-state index in [1.54, 1.807) is 6.92 Å². The Morgan fingerprint density at radius 1 is 1.19 bits per heavy atom. The highest BCUT2D eigenvalue weighted by Gasteiger charge is 2.34. The van der Waals surface area contributed by atoms with Crippen LogP contribution in [-0.2, 0) is 6.18 Å². The number of aryl methyl sites for hydroxylation is 1. The number of para-hydroxylation sites is 1. The van der Waals surface area contributed by atoms with Gasteiger partial charge in [0.2, 0.25) is 5.88 Å². The Morgan fingerprint density at radius 2 is 1.90 bits per heavy atom. The van der Waals surface area contributed by atoms with Crippen LogP contribution in [0.3, 0.4) is 0 Å². The fourth-order valence-electron chi connectivity index (χ4n) is 1.77. The summed E-state index contributed by atoms with van der Waals surface area (Å²) in [5.74, 6) is 0.693. The first-order chi connectivity index (χ1) is 9.90. The molecule has 112 valence electrons. The van der Waals surface area contributed by atoms with Crippen molar-refractivity contribution in [2.45, 2.75) is 20.0 Å². The SMILES string of the molecule is CCNc1cc(Oc2ccccc2C(F)(F)F)nc(C)n1. The fourth-order valence-corrected chi connectivity index (χ4v) is 1.77. The maximum absolute atomic E-state index is 12.9. The van der Waals surface area contributed by atoms with Gasteiger partial charge in [-0.15, -0.1) is 0 Å². The van der Waals surface area contributed by atoms with Gasteiger partial charge in [0.15, 0.2) is 0 Å². The quantitative estimate of drug-likeness (QED) is 0.925. The molecule has 0 atom stereocenters. The molecule has 2 rings (SSSR count). The van der Waals surface area contributed by atoms with Crippen LogP contribution in [0.1, 0.15) is 18.3 Å². The number of anilines is 1. The topological polar surface area (TPSA) is 47.0 Å². The highest BCUT2D eigenvalue weighted by molar-refractivity contribution is 5.42. The van der Waals surface area contributed by atoms with Gasteiger partial charge in [-0.1, -0.05) is 12.1 Å². The molecule has 7 heteroatoms. The van der Waals surface area contributed by atoms with E-state index >= 15 is 0 Å². The van der Waals surface area contributed by atoms with Crippen LogP contribution in [0.2, 0.25) is 0 Å². The minimum Gasteiger partial charge on any atom is -0.438 e. The molecule has 0 aliphatic carbocycles. The summed E-state index contributed by atoms with van der Waals surface area (Å²) in [6.07, 6.45) is -4.48. The van der Waals surface area contributed by atoms with Crippen LogP contribution in [0.5, 0.6) is 11.6 Å². The van der Waals surface area contributed by atoms with E-state index in [4.69, 9.17) is 4.74 Å². The zero-order valence-electron chi connectivity index (χ0n) is 11.5. The Balaban J connectivity index is 2.35. The fraction of sp³-hybridized carbons (Fsp3) is 0.286. The Kier molecular flexibility index (Phi) is 4.30. The summed E-state index contributed by atoms with van der Waals surface area (Å²) >= 11 is 0. The van der Waals surface area contributed by atoms with Crippen molar-refractivity contribution < 1.29 is 17.9 Å². The third-order valence-electron chi connectivity index (χ3n) is 2.58. The minimum absolute atomic E-state index is 0.0650. The summed E-state index contributed by atoms with van der Waals surface area (Å²) in [5.41, 5.74) is -0.841. The minimum atomic E-state index is -4.48. The molecular weight excluding hydrogens is 283 g/mol. The number of benzene rings is 1. The van der Waals surface area contributed by atoms with Crippen LogP contribution < -0.4 is 10.1 Å². The van der Waals surface area contributed by atoms with Crippen LogP contribution in [0.25, 0.3) is 0 Å². The van der Waals surface area contributed by atoms with Crippen LogP contribution in [0.4, 0.5) is 19.0 Å². The lowest BCUT2D eigenvalue weighted by atomic mass is 10.2. The number of nitrogens with one attached hydrogen (secondary N) is 1. The Hall–Kier alpha value is -2.31. The number of aromatic nitrogens is 2. The molecule has 0 aliphatic rings. The van der Waals surface area contributed by atoms with Crippen molar-refractivity contribution >= 4 is 5.82 Å². The van der Waals surface area contributed by atoms with Gasteiger partial charge in [-0.3, -0.25) is 0 Å². The highest BCUT2D eigenvalue weighted by Crippen LogP contribution is 2.37. The Bertz CT molecular complexity index is 629. The highest BCUT2D eigenvalue weighted by atomic mass is 19.4. The Morgan fingerprint density at radius 3 is 2.57 bits per heavy atom. The molecule has 0 unspecified atom stereocenters. The zero-order chi connectivity index (χ0) is 15.5. The largest absolute Gasteiger partial charge is 0.438 e. The van der Waals surface area contributed by atoms with Crippen LogP contribution in [0, 0.1) is 6.92 Å². The molecule has 0 saturated carbocycles. The summed E-state index contributed by atoms with van der Waals surface area (Å²) in [7, 11) is 0. The summed E-state index contributed by atoms with van der Waals surface area (Å²) in [5, 5.41) is 2.97. The third kappa shape index (κ3) is 3.84. The van der Waals surface area contributed by atoms with Gasteiger partial charge in [-0.2, -0.15) is 18.2 Å². The molecule has 0 bridgehead atoms. The van der Waals surface area contributed by atoms with E-state index in [9.17, 15) is 13.2 Å². The standard InChI is InChI=1S/C14H14F3N3O/c1-3-18-12-8-13(20-9(2)19-12)21-11-7-5-4-6-10(11)14(15,16)17/h4-8H,3H2,1-2H3,(H,18,19,20). The molecule has 1 heterocycles. The molecule has 0 saturated heterocycles. The van der Waals surface area contributed by atoms with Crippen LogP contribution in [-0.4, -0.2) is 16.5 Å². The second kappa shape index (κ2) is 5.99. The van der Waals surface area contributed by atoms with Crippen molar-refractivity contribution in [1.82, 2.24) is 9.97 Å². The summed E-state index contributed by atoms with van der Waals surface area (Å²) < 4.78 is 44.0. The molecule has 0 spiro atoms. The Labute approximate surface area is 120 Å². The number of ether oxygens (including phenoxy) is 1. The average Bonchev–Trinajstić information content (AvgIpc) is 2.37. The van der Waals surface area contributed by atoms with Gasteiger partial charge in [-0.25, -0.2) is 4.98 Å². The summed E-state index contributed by atoms with van der Waals surface area (Å²) in [4.78, 5) is 8.11. The van der Waals surface area contributed by atoms with Crippen LogP contribution >= 0.6 is 0 Å². The van der Waals surface area contributed by atoms with Crippen LogP contribution in [0.15, 0.2) is 30.3 Å². The normalized spacial score (nSPS) is 11.3. The number of nitrogens with zero attached hydrogens (tertiary/aromatic N) is 2. The van der Waals surface area contributed by atoms with Crippen molar-refractivity contribution in [2.24, 2.45) is 0 Å². The number of rotatable bonds is 4. The molecule has 2 aromatic rings. The maximum Gasteiger partial charge on any atom is 0.419 e. The van der Waals surface area contributed by atoms with Crippen molar-refractivity contribution in [3.63, 3.8) is 0 Å². The number of hydrogen-bond acceptors (Lipinski definition) is 4. The molecule has 0 aliphatic heterocycles. The van der Waals surface area contributed by atoms with E-state index in [2.05, 4.69) is 15.3 Å². The molecule has 1 aromatic heterocycles. The van der Waals surface area contributed by atoms with Gasteiger partial charge >= 0.3 is 6.18 Å². The predicted molar refractivity (Wildman–Crippen MR) is 72.5 cm³/mol. The lowest BCUT2D eigenvalue weighted by Crippen LogP contribution is -2.08. The first-order valence-corrected chi connectivity index (χ1v) is 6.33. The first-order valence-electron chi connectivity index (χ1n) is 6.33. The number of halogens is 3. The lowest BCUT2D eigenvalue weighted by molar-refractivity contribution is -0.138. The van der Waals surface area contributed by atoms with E-state index in [0.29, 0.717) is 18.2 Å². The number of alkyl halides is 3. The van der Waals surface area contributed by atoms with Crippen molar-refractivity contribution in [2.75, 3.05) is 11.9 Å². The predicted octanol–water partition coefficient (Wildman–Crippen LogP) is 4.03. The van der Waals surface area contributed by atoms with Gasteiger partial charge in [0.1, 0.15) is 17.4 Å². The molecular formula is C14H14F3N3O. The van der Waals surface area contributed by atoms with E-state index in [1.165, 1.54) is 24.3 Å². The van der Waals surface area contributed by atoms with Gasteiger partial charge in [0.05, 0.1) is 5.56 Å². The summed E-state index contributed by atoms with van der Waals surface area (Å²) in [6.45, 7) is 4.16. The molecule has 4 nitrogen and oxygen atoms in total. The molecule has 0 amide bonds. The van der Waals surface area contributed by atoms with Gasteiger partial charge in [0, 0.05) is 12.6 Å². The average molecular weight is 297 g/mol. The van der Waals surface area contributed by atoms with Crippen molar-refractivity contribution in [3.05, 3.63) is 41.7 Å². The van der Waals surface area contributed by atoms with Crippen molar-refractivity contribution in [3.8, 4) is 11.6 Å². The van der Waals surface area contributed by atoms with E-state index in [-0.39, 0.29) is 11.6 Å². The maximum atomic E-state index is 12.9. The zero-order valence-corrected chi connectivity index (χ0v) is 11.5. The third-order valence-corrected chi connectivity index (χ3v) is 2.58.